The molecule has 29 heavy (non-hydrogen) atoms. The second-order valence-electron chi connectivity index (χ2n) is 6.69. The molecule has 4 rings (SSSR count). The van der Waals surface area contributed by atoms with Gasteiger partial charge in [0, 0.05) is 34.7 Å². The van der Waals surface area contributed by atoms with Gasteiger partial charge in [0.25, 0.3) is 5.91 Å². The number of amides is 1. The Morgan fingerprint density at radius 1 is 1.28 bits per heavy atom. The van der Waals surface area contributed by atoms with Gasteiger partial charge in [0.2, 0.25) is 0 Å². The van der Waals surface area contributed by atoms with Gasteiger partial charge in [-0.2, -0.15) is 5.10 Å². The number of aromatic amines is 1. The van der Waals surface area contributed by atoms with Crippen LogP contribution < -0.4 is 0 Å². The number of ether oxygens (including phenoxy) is 1. The molecule has 0 fully saturated rings. The number of benzene rings is 2. The number of fused-ring (bicyclic) bond motifs is 1. The van der Waals surface area contributed by atoms with Gasteiger partial charge in [-0.25, -0.2) is 0 Å². The fraction of sp³-hybridized carbons (Fsp3) is 0.238. The van der Waals surface area contributed by atoms with E-state index in [4.69, 9.17) is 16.3 Å². The van der Waals surface area contributed by atoms with E-state index in [-0.39, 0.29) is 17.7 Å². The molecule has 1 unspecified atom stereocenters. The van der Waals surface area contributed by atoms with Crippen LogP contribution in [0.3, 0.4) is 0 Å². The van der Waals surface area contributed by atoms with E-state index >= 15 is 0 Å². The van der Waals surface area contributed by atoms with Gasteiger partial charge in [-0.3, -0.25) is 9.89 Å². The van der Waals surface area contributed by atoms with Crippen LogP contribution in [0.15, 0.2) is 47.4 Å². The third kappa shape index (κ3) is 3.50. The molecule has 1 atom stereocenters. The Balaban J connectivity index is 1.87. The molecule has 0 spiro atoms. The first-order chi connectivity index (χ1) is 14.0. The van der Waals surface area contributed by atoms with E-state index < -0.39 is 0 Å². The fourth-order valence-electron chi connectivity index (χ4n) is 3.65. The van der Waals surface area contributed by atoms with E-state index in [9.17, 15) is 9.90 Å². The lowest BCUT2D eigenvalue weighted by Gasteiger charge is -2.26. The Hall–Kier alpha value is -2.48. The molecule has 1 aromatic heterocycles. The molecule has 1 amide bonds. The molecular weight excluding hydrogens is 410 g/mol. The quantitative estimate of drug-likeness (QED) is 0.569. The fourth-order valence-corrected chi connectivity index (χ4v) is 4.23. The van der Waals surface area contributed by atoms with Crippen LogP contribution in [0.25, 0.3) is 11.3 Å². The van der Waals surface area contributed by atoms with Gasteiger partial charge >= 0.3 is 0 Å². The van der Waals surface area contributed by atoms with Gasteiger partial charge in [0.1, 0.15) is 17.1 Å². The average molecular weight is 430 g/mol. The van der Waals surface area contributed by atoms with Gasteiger partial charge in [-0.1, -0.05) is 23.7 Å². The van der Waals surface area contributed by atoms with Gasteiger partial charge in [-0.15, -0.1) is 11.8 Å². The van der Waals surface area contributed by atoms with Crippen LogP contribution in [0.4, 0.5) is 0 Å². The van der Waals surface area contributed by atoms with E-state index in [1.54, 1.807) is 35.9 Å². The zero-order chi connectivity index (χ0) is 20.5. The number of phenolic OH excluding ortho intramolecular Hbond substituents is 1. The van der Waals surface area contributed by atoms with Crippen molar-refractivity contribution in [1.29, 1.82) is 0 Å². The maximum Gasteiger partial charge on any atom is 0.273 e. The maximum absolute atomic E-state index is 13.1. The van der Waals surface area contributed by atoms with Crippen LogP contribution in [-0.2, 0) is 4.74 Å². The highest BCUT2D eigenvalue weighted by atomic mass is 35.5. The second kappa shape index (κ2) is 8.10. The number of phenols is 1. The standard InChI is InChI=1S/C21H20ClN3O3S/c1-28-10-9-25-20(12-3-6-14(29-2)7-4-12)17-18(23-24-19(17)21(25)27)15-11-13(22)5-8-16(15)26/h3-8,11,20,26H,9-10H2,1-2H3,(H,23,24). The predicted octanol–water partition coefficient (Wildman–Crippen LogP) is 4.35. The lowest BCUT2D eigenvalue weighted by molar-refractivity contribution is 0.0677. The number of thioether (sulfide) groups is 1. The summed E-state index contributed by atoms with van der Waals surface area (Å²) in [6, 6.07) is 12.6. The van der Waals surface area contributed by atoms with Crippen LogP contribution in [0, 0.1) is 0 Å². The van der Waals surface area contributed by atoms with Gasteiger partial charge < -0.3 is 14.7 Å². The number of aromatic hydroxyl groups is 1. The first-order valence-electron chi connectivity index (χ1n) is 9.06. The zero-order valence-corrected chi connectivity index (χ0v) is 17.5. The average Bonchev–Trinajstić information content (AvgIpc) is 3.27. The van der Waals surface area contributed by atoms with Gasteiger partial charge in [0.15, 0.2) is 0 Å². The summed E-state index contributed by atoms with van der Waals surface area (Å²) in [6.07, 6.45) is 2.02. The molecule has 8 heteroatoms. The third-order valence-corrected chi connectivity index (χ3v) is 6.02. The Bertz CT molecular complexity index is 1050. The van der Waals surface area contributed by atoms with Gasteiger partial charge in [-0.05, 0) is 42.2 Å². The molecule has 0 radical (unpaired) electrons. The van der Waals surface area contributed by atoms with Crippen molar-refractivity contribution in [3.8, 4) is 17.0 Å². The van der Waals surface area contributed by atoms with E-state index in [1.807, 2.05) is 30.5 Å². The molecule has 1 aliphatic rings. The summed E-state index contributed by atoms with van der Waals surface area (Å²) in [7, 11) is 1.61. The molecule has 0 saturated carbocycles. The molecular formula is C21H20ClN3O3S. The van der Waals surface area contributed by atoms with Crippen molar-refractivity contribution in [1.82, 2.24) is 15.1 Å². The maximum atomic E-state index is 13.1. The van der Waals surface area contributed by atoms with E-state index in [2.05, 4.69) is 10.2 Å². The number of rotatable bonds is 6. The third-order valence-electron chi connectivity index (χ3n) is 5.05. The largest absolute Gasteiger partial charge is 0.507 e. The van der Waals surface area contributed by atoms with E-state index in [1.165, 1.54) is 6.07 Å². The zero-order valence-electron chi connectivity index (χ0n) is 16.0. The first kappa shape index (κ1) is 19.8. The van der Waals surface area contributed by atoms with Crippen LogP contribution in [0.2, 0.25) is 5.02 Å². The SMILES string of the molecule is COCCN1C(=O)c2[nH]nc(-c3cc(Cl)ccc3O)c2C1c1ccc(SC)cc1. The minimum Gasteiger partial charge on any atom is -0.507 e. The Morgan fingerprint density at radius 2 is 2.03 bits per heavy atom. The molecule has 1 aliphatic heterocycles. The summed E-state index contributed by atoms with van der Waals surface area (Å²) in [5, 5.41) is 18.1. The molecule has 150 valence electrons. The smallest absolute Gasteiger partial charge is 0.273 e. The number of hydrogen-bond acceptors (Lipinski definition) is 5. The Kier molecular flexibility index (Phi) is 5.54. The number of methoxy groups -OCH3 is 1. The minimum absolute atomic E-state index is 0.0583. The summed E-state index contributed by atoms with van der Waals surface area (Å²) in [6.45, 7) is 0.856. The van der Waals surface area contributed by atoms with Crippen molar-refractivity contribution in [3.63, 3.8) is 0 Å². The highest BCUT2D eigenvalue weighted by Crippen LogP contribution is 2.44. The Morgan fingerprint density at radius 3 is 2.72 bits per heavy atom. The first-order valence-corrected chi connectivity index (χ1v) is 10.7. The normalized spacial score (nSPS) is 15.8. The summed E-state index contributed by atoms with van der Waals surface area (Å²) in [5.74, 6) is -0.0840. The van der Waals surface area contributed by atoms with Crippen molar-refractivity contribution in [2.45, 2.75) is 10.9 Å². The molecule has 0 bridgehead atoms. The van der Waals surface area contributed by atoms with Crippen molar-refractivity contribution >= 4 is 29.3 Å². The van der Waals surface area contributed by atoms with Crippen LogP contribution in [0.1, 0.15) is 27.7 Å². The van der Waals surface area contributed by atoms with Crippen LogP contribution in [-0.4, -0.2) is 52.6 Å². The number of H-pyrrole nitrogens is 1. The molecule has 0 aliphatic carbocycles. The Labute approximate surface area is 177 Å². The summed E-state index contributed by atoms with van der Waals surface area (Å²) in [5.41, 5.74) is 3.14. The molecule has 0 saturated heterocycles. The highest BCUT2D eigenvalue weighted by Gasteiger charge is 2.42. The number of halogens is 1. The van der Waals surface area contributed by atoms with Crippen molar-refractivity contribution in [2.75, 3.05) is 26.5 Å². The summed E-state index contributed by atoms with van der Waals surface area (Å²) >= 11 is 7.81. The summed E-state index contributed by atoms with van der Waals surface area (Å²) in [4.78, 5) is 16.0. The molecule has 6 nitrogen and oxygen atoms in total. The number of hydrogen-bond donors (Lipinski definition) is 2. The van der Waals surface area contributed by atoms with E-state index in [0.717, 1.165) is 16.0 Å². The number of aromatic nitrogens is 2. The second-order valence-corrected chi connectivity index (χ2v) is 8.01. The number of nitrogens with zero attached hydrogens (tertiary/aromatic N) is 2. The minimum atomic E-state index is -0.337. The molecule has 2 N–H and O–H groups in total. The number of carbonyl (C=O) groups excluding carboxylic acids is 1. The molecule has 3 aromatic rings. The predicted molar refractivity (Wildman–Crippen MR) is 114 cm³/mol. The molecule has 2 aromatic carbocycles. The van der Waals surface area contributed by atoms with Crippen LogP contribution in [0.5, 0.6) is 5.75 Å². The topological polar surface area (TPSA) is 78.5 Å². The summed E-state index contributed by atoms with van der Waals surface area (Å²) < 4.78 is 5.22. The number of nitrogens with one attached hydrogen (secondary N) is 1. The van der Waals surface area contributed by atoms with Crippen molar-refractivity contribution in [2.24, 2.45) is 0 Å². The van der Waals surface area contributed by atoms with E-state index in [0.29, 0.717) is 35.1 Å². The monoisotopic (exact) mass is 429 g/mol. The lowest BCUT2D eigenvalue weighted by atomic mass is 9.96. The highest BCUT2D eigenvalue weighted by molar-refractivity contribution is 7.98. The lowest BCUT2D eigenvalue weighted by Crippen LogP contribution is -2.32. The molecule has 2 heterocycles. The van der Waals surface area contributed by atoms with Gasteiger partial charge in [0.05, 0.1) is 12.6 Å². The van der Waals surface area contributed by atoms with Crippen molar-refractivity contribution in [3.05, 3.63) is 64.3 Å². The van der Waals surface area contributed by atoms with Crippen molar-refractivity contribution < 1.29 is 14.6 Å². The van der Waals surface area contributed by atoms with Crippen LogP contribution >= 0.6 is 23.4 Å². The number of carbonyl (C=O) groups is 1.